The number of alkyl halides is 3. The molecule has 0 radical (unpaired) electrons. The molecule has 3 aromatic carbocycles. The van der Waals surface area contributed by atoms with E-state index < -0.39 is 11.7 Å². The summed E-state index contributed by atoms with van der Waals surface area (Å²) in [7, 11) is 0. The maximum Gasteiger partial charge on any atom is 0.416 e. The molecular formula is C23H15ClF3N. The Balaban J connectivity index is 1.99. The van der Waals surface area contributed by atoms with Crippen LogP contribution >= 0.6 is 11.6 Å². The zero-order valence-corrected chi connectivity index (χ0v) is 15.6. The van der Waals surface area contributed by atoms with Gasteiger partial charge in [-0.15, -0.1) is 0 Å². The first kappa shape index (κ1) is 18.5. The van der Waals surface area contributed by atoms with Gasteiger partial charge in [-0.05, 0) is 54.4 Å². The second-order valence-corrected chi connectivity index (χ2v) is 7.09. The molecule has 4 aromatic rings. The van der Waals surface area contributed by atoms with Crippen LogP contribution in [0.4, 0.5) is 13.2 Å². The molecule has 0 amide bonds. The molecule has 0 atom stereocenters. The molecule has 0 N–H and O–H groups in total. The molecular weight excluding hydrogens is 383 g/mol. The fourth-order valence-corrected chi connectivity index (χ4v) is 3.27. The second kappa shape index (κ2) is 6.95. The van der Waals surface area contributed by atoms with Gasteiger partial charge in [-0.1, -0.05) is 53.6 Å². The smallest absolute Gasteiger partial charge is 0.248 e. The van der Waals surface area contributed by atoms with E-state index in [0.29, 0.717) is 27.2 Å². The van der Waals surface area contributed by atoms with Crippen molar-refractivity contribution >= 4 is 22.5 Å². The van der Waals surface area contributed by atoms with Gasteiger partial charge in [0.05, 0.1) is 16.8 Å². The maximum atomic E-state index is 13.3. The van der Waals surface area contributed by atoms with Crippen molar-refractivity contribution < 1.29 is 13.2 Å². The summed E-state index contributed by atoms with van der Waals surface area (Å²) in [6.45, 7) is 1.97. The van der Waals surface area contributed by atoms with Crippen LogP contribution in [0.2, 0.25) is 5.02 Å². The summed E-state index contributed by atoms with van der Waals surface area (Å²) in [6, 6.07) is 20.4. The minimum absolute atomic E-state index is 0.469. The van der Waals surface area contributed by atoms with Crippen LogP contribution in [0.1, 0.15) is 11.1 Å². The predicted molar refractivity (Wildman–Crippen MR) is 107 cm³/mol. The Morgan fingerprint density at radius 3 is 2.07 bits per heavy atom. The average molecular weight is 398 g/mol. The first-order valence-corrected chi connectivity index (χ1v) is 9.04. The van der Waals surface area contributed by atoms with E-state index in [2.05, 4.69) is 4.98 Å². The first-order chi connectivity index (χ1) is 13.3. The molecule has 4 rings (SSSR count). The van der Waals surface area contributed by atoms with Crippen LogP contribution in [0.3, 0.4) is 0 Å². The topological polar surface area (TPSA) is 12.9 Å². The quantitative estimate of drug-likeness (QED) is 0.340. The third-order valence-corrected chi connectivity index (χ3v) is 4.89. The number of nitrogens with zero attached hydrogens (tertiary/aromatic N) is 1. The molecule has 0 fully saturated rings. The molecule has 0 spiro atoms. The zero-order chi connectivity index (χ0) is 19.9. The number of benzene rings is 3. The van der Waals surface area contributed by atoms with E-state index in [0.717, 1.165) is 22.8 Å². The van der Waals surface area contributed by atoms with Crippen molar-refractivity contribution in [1.82, 2.24) is 4.98 Å². The summed E-state index contributed by atoms with van der Waals surface area (Å²) >= 11 is 5.97. The highest BCUT2D eigenvalue weighted by molar-refractivity contribution is 6.30. The van der Waals surface area contributed by atoms with E-state index in [-0.39, 0.29) is 0 Å². The normalized spacial score (nSPS) is 11.8. The van der Waals surface area contributed by atoms with Crippen LogP contribution in [0.25, 0.3) is 33.3 Å². The van der Waals surface area contributed by atoms with Gasteiger partial charge in [0.25, 0.3) is 0 Å². The number of halogens is 4. The molecule has 0 aliphatic carbocycles. The third kappa shape index (κ3) is 3.60. The monoisotopic (exact) mass is 397 g/mol. The van der Waals surface area contributed by atoms with Crippen LogP contribution in [-0.2, 0) is 6.18 Å². The minimum Gasteiger partial charge on any atom is -0.248 e. The summed E-state index contributed by atoms with van der Waals surface area (Å²) in [6.07, 6.45) is -4.41. The van der Waals surface area contributed by atoms with Gasteiger partial charge in [-0.2, -0.15) is 13.2 Å². The largest absolute Gasteiger partial charge is 0.416 e. The molecule has 0 saturated carbocycles. The van der Waals surface area contributed by atoms with Gasteiger partial charge in [0.2, 0.25) is 0 Å². The second-order valence-electron chi connectivity index (χ2n) is 6.66. The van der Waals surface area contributed by atoms with Crippen molar-refractivity contribution in [3.8, 4) is 22.4 Å². The fraction of sp³-hybridized carbons (Fsp3) is 0.0870. The van der Waals surface area contributed by atoms with Crippen LogP contribution < -0.4 is 0 Å². The lowest BCUT2D eigenvalue weighted by Gasteiger charge is -2.13. The molecule has 1 aromatic heterocycles. The average Bonchev–Trinajstić information content (AvgIpc) is 2.67. The van der Waals surface area contributed by atoms with Crippen LogP contribution in [0.15, 0.2) is 72.8 Å². The predicted octanol–water partition coefficient (Wildman–Crippen LogP) is 7.55. The van der Waals surface area contributed by atoms with Gasteiger partial charge in [-0.25, -0.2) is 4.98 Å². The highest BCUT2D eigenvalue weighted by Crippen LogP contribution is 2.37. The maximum absolute atomic E-state index is 13.3. The number of pyridine rings is 1. The number of rotatable bonds is 2. The van der Waals surface area contributed by atoms with Crippen LogP contribution in [0, 0.1) is 6.92 Å². The molecule has 0 unspecified atom stereocenters. The summed E-state index contributed by atoms with van der Waals surface area (Å²) in [5.41, 5.74) is 3.98. The summed E-state index contributed by atoms with van der Waals surface area (Å²) in [5.74, 6) is 0. The molecule has 0 bridgehead atoms. The van der Waals surface area contributed by atoms with Crippen molar-refractivity contribution in [3.63, 3.8) is 0 Å². The Bertz CT molecular complexity index is 1150. The van der Waals surface area contributed by atoms with Crippen molar-refractivity contribution in [2.24, 2.45) is 0 Å². The summed E-state index contributed by atoms with van der Waals surface area (Å²) in [5, 5.41) is 1.08. The third-order valence-electron chi connectivity index (χ3n) is 4.64. The minimum atomic E-state index is -4.41. The standard InChI is InChI=1S/C23H15ClF3N/c1-14-2-4-15(5-3-14)19-13-22(16-6-9-18(24)10-7-16)28-21-11-8-17(12-20(19)21)23(25,26)27/h2-13H,1H3. The molecule has 0 saturated heterocycles. The molecule has 1 heterocycles. The number of aryl methyl sites for hydroxylation is 1. The van der Waals surface area contributed by atoms with Crippen LogP contribution in [-0.4, -0.2) is 4.98 Å². The first-order valence-electron chi connectivity index (χ1n) is 8.66. The zero-order valence-electron chi connectivity index (χ0n) is 14.9. The van der Waals surface area contributed by atoms with E-state index in [9.17, 15) is 13.2 Å². The molecule has 0 aliphatic heterocycles. The van der Waals surface area contributed by atoms with Gasteiger partial charge in [-0.3, -0.25) is 0 Å². The molecule has 0 aliphatic rings. The lowest BCUT2D eigenvalue weighted by Crippen LogP contribution is -2.04. The molecule has 5 heteroatoms. The fourth-order valence-electron chi connectivity index (χ4n) is 3.14. The molecule has 1 nitrogen and oxygen atoms in total. The van der Waals surface area contributed by atoms with Crippen molar-refractivity contribution in [3.05, 3.63) is 88.9 Å². The Hall–Kier alpha value is -2.85. The van der Waals surface area contributed by atoms with Crippen molar-refractivity contribution in [2.45, 2.75) is 13.1 Å². The van der Waals surface area contributed by atoms with Gasteiger partial charge in [0, 0.05) is 16.0 Å². The summed E-state index contributed by atoms with van der Waals surface area (Å²) < 4.78 is 39.8. The summed E-state index contributed by atoms with van der Waals surface area (Å²) in [4.78, 5) is 4.59. The number of hydrogen-bond donors (Lipinski definition) is 0. The highest BCUT2D eigenvalue weighted by atomic mass is 35.5. The number of fused-ring (bicyclic) bond motifs is 1. The molecule has 28 heavy (non-hydrogen) atoms. The highest BCUT2D eigenvalue weighted by Gasteiger charge is 2.30. The van der Waals surface area contributed by atoms with Crippen LogP contribution in [0.5, 0.6) is 0 Å². The Labute approximate surface area is 165 Å². The molecule has 140 valence electrons. The van der Waals surface area contributed by atoms with Gasteiger partial charge in [0.1, 0.15) is 0 Å². The SMILES string of the molecule is Cc1ccc(-c2cc(-c3ccc(Cl)cc3)nc3ccc(C(F)(F)F)cc23)cc1. The van der Waals surface area contributed by atoms with Gasteiger partial charge in [0.15, 0.2) is 0 Å². The van der Waals surface area contributed by atoms with E-state index >= 15 is 0 Å². The van der Waals surface area contributed by atoms with E-state index in [4.69, 9.17) is 11.6 Å². The lowest BCUT2D eigenvalue weighted by atomic mass is 9.96. The van der Waals surface area contributed by atoms with Gasteiger partial charge < -0.3 is 0 Å². The Kier molecular flexibility index (Phi) is 4.60. The Morgan fingerprint density at radius 2 is 1.43 bits per heavy atom. The van der Waals surface area contributed by atoms with Crippen molar-refractivity contribution in [2.75, 3.05) is 0 Å². The van der Waals surface area contributed by atoms with E-state index in [1.54, 1.807) is 12.1 Å². The van der Waals surface area contributed by atoms with Crippen molar-refractivity contribution in [1.29, 1.82) is 0 Å². The van der Waals surface area contributed by atoms with E-state index in [1.807, 2.05) is 49.4 Å². The lowest BCUT2D eigenvalue weighted by molar-refractivity contribution is -0.137. The number of aromatic nitrogens is 1. The number of hydrogen-bond acceptors (Lipinski definition) is 1. The van der Waals surface area contributed by atoms with Gasteiger partial charge >= 0.3 is 6.18 Å². The Morgan fingerprint density at radius 1 is 0.786 bits per heavy atom. The van der Waals surface area contributed by atoms with E-state index in [1.165, 1.54) is 12.1 Å².